The second-order valence-corrected chi connectivity index (χ2v) is 6.35. The predicted molar refractivity (Wildman–Crippen MR) is 103 cm³/mol. The summed E-state index contributed by atoms with van der Waals surface area (Å²) in [5.74, 6) is -0.237. The smallest absolute Gasteiger partial charge is 0.267 e. The molecule has 1 amide bonds. The molecule has 0 fully saturated rings. The molecular weight excluding hydrogens is 324 g/mol. The minimum Gasteiger partial charge on any atom is -0.267 e. The van der Waals surface area contributed by atoms with E-state index in [0.717, 1.165) is 35.0 Å². The molecule has 1 aliphatic carbocycles. The van der Waals surface area contributed by atoms with Crippen molar-refractivity contribution in [1.29, 1.82) is 0 Å². The van der Waals surface area contributed by atoms with Crippen molar-refractivity contribution < 1.29 is 4.79 Å². The molecule has 2 aromatic heterocycles. The standard InChI is InChI=1S/C21H18N4O/c1-14-8-9-16(11-14)24-25-21(26)18-12-20(15-5-4-10-22-13-15)23-19-7-3-2-6-17(18)19/h2-7,10-13H,8-9H2,1H3,(H,25,26)/b24-16+. The molecular formula is C21H18N4O. The van der Waals surface area contributed by atoms with Crippen molar-refractivity contribution in [2.45, 2.75) is 19.8 Å². The number of pyridine rings is 2. The molecule has 128 valence electrons. The Bertz CT molecular complexity index is 1040. The number of carbonyl (C=O) groups is 1. The summed E-state index contributed by atoms with van der Waals surface area (Å²) in [5.41, 5.74) is 7.78. The van der Waals surface area contributed by atoms with Gasteiger partial charge in [0.25, 0.3) is 5.91 Å². The summed E-state index contributed by atoms with van der Waals surface area (Å²) >= 11 is 0. The van der Waals surface area contributed by atoms with E-state index in [2.05, 4.69) is 27.4 Å². The van der Waals surface area contributed by atoms with Crippen LogP contribution < -0.4 is 5.43 Å². The van der Waals surface area contributed by atoms with Crippen LogP contribution in [0.5, 0.6) is 0 Å². The summed E-state index contributed by atoms with van der Waals surface area (Å²) in [6.45, 7) is 2.07. The van der Waals surface area contributed by atoms with Gasteiger partial charge in [-0.15, -0.1) is 0 Å². The number of nitrogens with one attached hydrogen (secondary N) is 1. The van der Waals surface area contributed by atoms with Gasteiger partial charge in [0.1, 0.15) is 0 Å². The van der Waals surface area contributed by atoms with Gasteiger partial charge in [0.15, 0.2) is 0 Å². The Labute approximate surface area is 151 Å². The fourth-order valence-corrected chi connectivity index (χ4v) is 3.05. The van der Waals surface area contributed by atoms with Crippen molar-refractivity contribution in [2.24, 2.45) is 5.10 Å². The highest BCUT2D eigenvalue weighted by Gasteiger charge is 2.14. The number of benzene rings is 1. The SMILES string of the molecule is CC1=C/C(=N/NC(=O)c2cc(-c3cccnc3)nc3ccccc23)CC1. The van der Waals surface area contributed by atoms with Crippen LogP contribution in [0.4, 0.5) is 0 Å². The van der Waals surface area contributed by atoms with Gasteiger partial charge in [0, 0.05) is 23.3 Å². The average Bonchev–Trinajstić information content (AvgIpc) is 3.11. The van der Waals surface area contributed by atoms with Gasteiger partial charge in [-0.05, 0) is 50.1 Å². The van der Waals surface area contributed by atoms with Gasteiger partial charge in [0.2, 0.25) is 0 Å². The van der Waals surface area contributed by atoms with Crippen molar-refractivity contribution in [3.05, 3.63) is 72.1 Å². The fourth-order valence-electron chi connectivity index (χ4n) is 3.05. The molecule has 1 N–H and O–H groups in total. The van der Waals surface area contributed by atoms with E-state index in [-0.39, 0.29) is 5.91 Å². The van der Waals surface area contributed by atoms with Crippen LogP contribution in [0.3, 0.4) is 0 Å². The van der Waals surface area contributed by atoms with Gasteiger partial charge in [0.05, 0.1) is 22.5 Å². The Hall–Kier alpha value is -3.34. The van der Waals surface area contributed by atoms with E-state index in [1.165, 1.54) is 5.57 Å². The third kappa shape index (κ3) is 3.24. The molecule has 2 heterocycles. The van der Waals surface area contributed by atoms with E-state index in [9.17, 15) is 4.79 Å². The molecule has 0 aliphatic heterocycles. The normalized spacial score (nSPS) is 15.3. The highest BCUT2D eigenvalue weighted by molar-refractivity contribution is 6.08. The topological polar surface area (TPSA) is 67.2 Å². The van der Waals surface area contributed by atoms with Crippen molar-refractivity contribution in [3.8, 4) is 11.3 Å². The molecule has 5 heteroatoms. The summed E-state index contributed by atoms with van der Waals surface area (Å²) in [5, 5.41) is 5.07. The second kappa shape index (κ2) is 6.88. The van der Waals surface area contributed by atoms with Crippen molar-refractivity contribution in [1.82, 2.24) is 15.4 Å². The molecule has 1 aromatic carbocycles. The maximum Gasteiger partial charge on any atom is 0.272 e. The molecule has 4 rings (SSSR count). The lowest BCUT2D eigenvalue weighted by atomic mass is 10.0. The van der Waals surface area contributed by atoms with Gasteiger partial charge in [-0.3, -0.25) is 9.78 Å². The van der Waals surface area contributed by atoms with Crippen molar-refractivity contribution in [3.63, 3.8) is 0 Å². The van der Waals surface area contributed by atoms with E-state index in [1.54, 1.807) is 18.5 Å². The van der Waals surface area contributed by atoms with Crippen LogP contribution in [0.15, 0.2) is 71.6 Å². The number of fused-ring (bicyclic) bond motifs is 1. The zero-order valence-electron chi connectivity index (χ0n) is 14.4. The Morgan fingerprint density at radius 1 is 1.15 bits per heavy atom. The van der Waals surface area contributed by atoms with Crippen LogP contribution in [0.2, 0.25) is 0 Å². The molecule has 0 unspecified atom stereocenters. The van der Waals surface area contributed by atoms with Crippen LogP contribution in [0.25, 0.3) is 22.2 Å². The third-order valence-corrected chi connectivity index (χ3v) is 4.41. The highest BCUT2D eigenvalue weighted by atomic mass is 16.2. The molecule has 1 aliphatic rings. The minimum absolute atomic E-state index is 0.237. The van der Waals surface area contributed by atoms with Crippen LogP contribution in [0, 0.1) is 0 Å². The van der Waals surface area contributed by atoms with E-state index >= 15 is 0 Å². The lowest BCUT2D eigenvalue weighted by molar-refractivity contribution is 0.0956. The lowest BCUT2D eigenvalue weighted by Crippen LogP contribution is -2.19. The molecule has 0 atom stereocenters. The summed E-state index contributed by atoms with van der Waals surface area (Å²) < 4.78 is 0. The number of hydrogen-bond acceptors (Lipinski definition) is 4. The Balaban J connectivity index is 1.74. The second-order valence-electron chi connectivity index (χ2n) is 6.35. The maximum atomic E-state index is 12.8. The molecule has 0 bridgehead atoms. The number of para-hydroxylation sites is 1. The van der Waals surface area contributed by atoms with Crippen LogP contribution in [-0.4, -0.2) is 21.6 Å². The highest BCUT2D eigenvalue weighted by Crippen LogP contribution is 2.24. The Morgan fingerprint density at radius 3 is 2.81 bits per heavy atom. The first-order chi connectivity index (χ1) is 12.7. The molecule has 0 spiro atoms. The van der Waals surface area contributed by atoms with Crippen molar-refractivity contribution in [2.75, 3.05) is 0 Å². The van der Waals surface area contributed by atoms with Gasteiger partial charge in [-0.25, -0.2) is 10.4 Å². The summed E-state index contributed by atoms with van der Waals surface area (Å²) in [6.07, 6.45) is 7.34. The number of allylic oxidation sites excluding steroid dienone is 2. The third-order valence-electron chi connectivity index (χ3n) is 4.41. The van der Waals surface area contributed by atoms with E-state index in [0.29, 0.717) is 11.3 Å². The van der Waals surface area contributed by atoms with Gasteiger partial charge in [-0.1, -0.05) is 23.8 Å². The van der Waals surface area contributed by atoms with Gasteiger partial charge in [-0.2, -0.15) is 5.10 Å². The summed E-state index contributed by atoms with van der Waals surface area (Å²) in [4.78, 5) is 21.6. The molecule has 3 aromatic rings. The molecule has 5 nitrogen and oxygen atoms in total. The minimum atomic E-state index is -0.237. The predicted octanol–water partition coefficient (Wildman–Crippen LogP) is 4.12. The lowest BCUT2D eigenvalue weighted by Gasteiger charge is -2.09. The fraction of sp³-hybridized carbons (Fsp3) is 0.143. The molecule has 26 heavy (non-hydrogen) atoms. The zero-order chi connectivity index (χ0) is 17.9. The first-order valence-electron chi connectivity index (χ1n) is 8.55. The van der Waals surface area contributed by atoms with E-state index in [1.807, 2.05) is 42.5 Å². The van der Waals surface area contributed by atoms with E-state index in [4.69, 9.17) is 0 Å². The number of hydrogen-bond donors (Lipinski definition) is 1. The number of carbonyl (C=O) groups excluding carboxylic acids is 1. The summed E-state index contributed by atoms with van der Waals surface area (Å²) in [6, 6.07) is 13.2. The van der Waals surface area contributed by atoms with E-state index < -0.39 is 0 Å². The molecule has 0 saturated heterocycles. The van der Waals surface area contributed by atoms with Crippen molar-refractivity contribution >= 4 is 22.5 Å². The van der Waals surface area contributed by atoms with Crippen LogP contribution >= 0.6 is 0 Å². The monoisotopic (exact) mass is 342 g/mol. The average molecular weight is 342 g/mol. The maximum absolute atomic E-state index is 12.8. The first-order valence-corrected chi connectivity index (χ1v) is 8.55. The van der Waals surface area contributed by atoms with Gasteiger partial charge < -0.3 is 0 Å². The number of nitrogens with zero attached hydrogens (tertiary/aromatic N) is 3. The molecule has 0 radical (unpaired) electrons. The quantitative estimate of drug-likeness (QED) is 0.728. The number of hydrazone groups is 1. The number of amides is 1. The largest absolute Gasteiger partial charge is 0.272 e. The van der Waals surface area contributed by atoms with Crippen LogP contribution in [-0.2, 0) is 0 Å². The Kier molecular flexibility index (Phi) is 4.27. The van der Waals surface area contributed by atoms with Crippen LogP contribution in [0.1, 0.15) is 30.1 Å². The number of aromatic nitrogens is 2. The first kappa shape index (κ1) is 16.1. The number of rotatable bonds is 3. The summed E-state index contributed by atoms with van der Waals surface area (Å²) in [7, 11) is 0. The zero-order valence-corrected chi connectivity index (χ0v) is 14.4. The van der Waals surface area contributed by atoms with Gasteiger partial charge >= 0.3 is 0 Å². The molecule has 0 saturated carbocycles. The Morgan fingerprint density at radius 2 is 2.04 bits per heavy atom.